The lowest BCUT2D eigenvalue weighted by molar-refractivity contribution is 0.182. The molecule has 0 aromatic heterocycles. The van der Waals surface area contributed by atoms with Gasteiger partial charge in [0.1, 0.15) is 0 Å². The Bertz CT molecular complexity index is 173. The molecule has 1 aliphatic rings. The van der Waals surface area contributed by atoms with Crippen LogP contribution in [0.25, 0.3) is 0 Å². The van der Waals surface area contributed by atoms with E-state index in [4.69, 9.17) is 4.74 Å². The van der Waals surface area contributed by atoms with Crippen LogP contribution in [0, 0.1) is 5.92 Å². The highest BCUT2D eigenvalue weighted by Crippen LogP contribution is 2.20. The average molecular weight is 197 g/mol. The lowest BCUT2D eigenvalue weighted by Crippen LogP contribution is -2.32. The van der Waals surface area contributed by atoms with Crippen LogP contribution in [-0.2, 0) is 4.74 Å². The minimum absolute atomic E-state index is 0.488. The fourth-order valence-electron chi connectivity index (χ4n) is 1.88. The first-order chi connectivity index (χ1) is 6.74. The first-order valence-corrected chi connectivity index (χ1v) is 5.70. The maximum absolute atomic E-state index is 5.38. The van der Waals surface area contributed by atoms with Gasteiger partial charge in [-0.3, -0.25) is 0 Å². The van der Waals surface area contributed by atoms with E-state index < -0.39 is 0 Å². The van der Waals surface area contributed by atoms with Gasteiger partial charge < -0.3 is 10.1 Å². The van der Waals surface area contributed by atoms with Gasteiger partial charge in [-0.15, -0.1) is 0 Å². The molecular formula is C12H23NO. The van der Waals surface area contributed by atoms with Gasteiger partial charge in [0.25, 0.3) is 0 Å². The van der Waals surface area contributed by atoms with E-state index in [9.17, 15) is 0 Å². The van der Waals surface area contributed by atoms with Crippen molar-refractivity contribution in [3.63, 3.8) is 0 Å². The van der Waals surface area contributed by atoms with Crippen LogP contribution in [0.5, 0.6) is 0 Å². The Balaban J connectivity index is 2.30. The molecule has 2 heteroatoms. The van der Waals surface area contributed by atoms with Crippen molar-refractivity contribution in [1.29, 1.82) is 0 Å². The summed E-state index contributed by atoms with van der Waals surface area (Å²) in [6.45, 7) is 11.3. The predicted molar refractivity (Wildman–Crippen MR) is 60.4 cm³/mol. The minimum Gasteiger partial charge on any atom is -0.381 e. The summed E-state index contributed by atoms with van der Waals surface area (Å²) in [6.07, 6.45) is 3.60. The van der Waals surface area contributed by atoms with E-state index in [1.807, 2.05) is 0 Å². The highest BCUT2D eigenvalue weighted by atomic mass is 16.5. The van der Waals surface area contributed by atoms with Gasteiger partial charge in [-0.1, -0.05) is 19.1 Å². The highest BCUT2D eigenvalue weighted by Gasteiger charge is 2.20. The quantitative estimate of drug-likeness (QED) is 0.660. The molecule has 1 rings (SSSR count). The molecule has 1 N–H and O–H groups in total. The third-order valence-electron chi connectivity index (χ3n) is 2.83. The van der Waals surface area contributed by atoms with Crippen LogP contribution >= 0.6 is 0 Å². The van der Waals surface area contributed by atoms with Crippen LogP contribution in [0.15, 0.2) is 12.2 Å². The summed E-state index contributed by atoms with van der Waals surface area (Å²) < 4.78 is 5.38. The molecule has 0 bridgehead atoms. The number of rotatable bonds is 6. The minimum atomic E-state index is 0.488. The molecule has 2 unspecified atom stereocenters. The standard InChI is InChI=1S/C12H23NO/c1-4-6-13-12(10(2)3)8-11-5-7-14-9-11/h11-13H,2,4-9H2,1,3H3. The Morgan fingerprint density at radius 3 is 2.93 bits per heavy atom. The molecule has 1 heterocycles. The Labute approximate surface area is 87.7 Å². The van der Waals surface area contributed by atoms with Crippen molar-refractivity contribution in [2.45, 2.75) is 39.2 Å². The Kier molecular flexibility index (Phi) is 5.20. The summed E-state index contributed by atoms with van der Waals surface area (Å²) in [6, 6.07) is 0.488. The molecule has 0 radical (unpaired) electrons. The monoisotopic (exact) mass is 197 g/mol. The maximum Gasteiger partial charge on any atom is 0.0495 e. The maximum atomic E-state index is 5.38. The molecule has 2 atom stereocenters. The van der Waals surface area contributed by atoms with Crippen LogP contribution in [0.2, 0.25) is 0 Å². The van der Waals surface area contributed by atoms with Crippen LogP contribution in [0.1, 0.15) is 33.1 Å². The van der Waals surface area contributed by atoms with Gasteiger partial charge in [0.2, 0.25) is 0 Å². The summed E-state index contributed by atoms with van der Waals surface area (Å²) in [5, 5.41) is 3.54. The zero-order valence-corrected chi connectivity index (χ0v) is 9.51. The molecule has 0 spiro atoms. The van der Waals surface area contributed by atoms with Crippen LogP contribution in [0.3, 0.4) is 0 Å². The van der Waals surface area contributed by atoms with Crippen LogP contribution < -0.4 is 5.32 Å². The number of nitrogens with one attached hydrogen (secondary N) is 1. The largest absolute Gasteiger partial charge is 0.381 e. The van der Waals surface area contributed by atoms with Gasteiger partial charge >= 0.3 is 0 Å². The Morgan fingerprint density at radius 2 is 2.43 bits per heavy atom. The molecule has 0 amide bonds. The SMILES string of the molecule is C=C(C)C(CC1CCOC1)NCCC. The van der Waals surface area contributed by atoms with Crippen molar-refractivity contribution in [3.8, 4) is 0 Å². The zero-order chi connectivity index (χ0) is 10.4. The molecule has 0 aromatic carbocycles. The number of hydrogen-bond donors (Lipinski definition) is 1. The van der Waals surface area contributed by atoms with Gasteiger partial charge in [-0.2, -0.15) is 0 Å². The highest BCUT2D eigenvalue weighted by molar-refractivity contribution is 5.02. The van der Waals surface area contributed by atoms with E-state index in [1.165, 1.54) is 24.8 Å². The Morgan fingerprint density at radius 1 is 1.64 bits per heavy atom. The molecule has 2 nitrogen and oxygen atoms in total. The fraction of sp³-hybridized carbons (Fsp3) is 0.833. The molecule has 0 aliphatic carbocycles. The summed E-state index contributed by atoms with van der Waals surface area (Å²) in [4.78, 5) is 0. The van der Waals surface area contributed by atoms with Crippen LogP contribution in [0.4, 0.5) is 0 Å². The van der Waals surface area contributed by atoms with Gasteiger partial charge in [0.05, 0.1) is 0 Å². The van der Waals surface area contributed by atoms with Gasteiger partial charge in [0, 0.05) is 19.3 Å². The second kappa shape index (κ2) is 6.20. The smallest absolute Gasteiger partial charge is 0.0495 e. The summed E-state index contributed by atoms with van der Waals surface area (Å²) in [5.41, 5.74) is 1.25. The lowest BCUT2D eigenvalue weighted by atomic mass is 9.95. The molecular weight excluding hydrogens is 174 g/mol. The van der Waals surface area contributed by atoms with Gasteiger partial charge in [0.15, 0.2) is 0 Å². The normalized spacial score (nSPS) is 23.7. The molecule has 1 fully saturated rings. The van der Waals surface area contributed by atoms with Crippen molar-refractivity contribution in [3.05, 3.63) is 12.2 Å². The third kappa shape index (κ3) is 3.81. The van der Waals surface area contributed by atoms with Crippen molar-refractivity contribution in [2.75, 3.05) is 19.8 Å². The van der Waals surface area contributed by atoms with E-state index in [1.54, 1.807) is 0 Å². The molecule has 1 aliphatic heterocycles. The van der Waals surface area contributed by atoms with Gasteiger partial charge in [-0.25, -0.2) is 0 Å². The molecule has 0 saturated carbocycles. The van der Waals surface area contributed by atoms with Gasteiger partial charge in [-0.05, 0) is 38.6 Å². The number of hydrogen-bond acceptors (Lipinski definition) is 2. The zero-order valence-electron chi connectivity index (χ0n) is 9.51. The second-order valence-corrected chi connectivity index (χ2v) is 4.32. The van der Waals surface area contributed by atoms with Crippen molar-refractivity contribution in [1.82, 2.24) is 5.32 Å². The van der Waals surface area contributed by atoms with E-state index in [-0.39, 0.29) is 0 Å². The molecule has 0 aromatic rings. The van der Waals surface area contributed by atoms with Crippen molar-refractivity contribution in [2.24, 2.45) is 5.92 Å². The first-order valence-electron chi connectivity index (χ1n) is 5.70. The summed E-state index contributed by atoms with van der Waals surface area (Å²) >= 11 is 0. The van der Waals surface area contributed by atoms with Crippen molar-refractivity contribution < 1.29 is 4.74 Å². The van der Waals surface area contributed by atoms with E-state index in [2.05, 4.69) is 25.7 Å². The third-order valence-corrected chi connectivity index (χ3v) is 2.83. The Hall–Kier alpha value is -0.340. The lowest BCUT2D eigenvalue weighted by Gasteiger charge is -2.21. The molecule has 14 heavy (non-hydrogen) atoms. The van der Waals surface area contributed by atoms with E-state index >= 15 is 0 Å². The van der Waals surface area contributed by atoms with E-state index in [0.29, 0.717) is 6.04 Å². The van der Waals surface area contributed by atoms with E-state index in [0.717, 1.165) is 25.7 Å². The summed E-state index contributed by atoms with van der Waals surface area (Å²) in [5.74, 6) is 0.737. The summed E-state index contributed by atoms with van der Waals surface area (Å²) in [7, 11) is 0. The first kappa shape index (κ1) is 11.7. The molecule has 82 valence electrons. The average Bonchev–Trinajstić information content (AvgIpc) is 2.64. The van der Waals surface area contributed by atoms with Crippen LogP contribution in [-0.4, -0.2) is 25.8 Å². The molecule has 1 saturated heterocycles. The fourth-order valence-corrected chi connectivity index (χ4v) is 1.88. The topological polar surface area (TPSA) is 21.3 Å². The predicted octanol–water partition coefficient (Wildman–Crippen LogP) is 2.36. The second-order valence-electron chi connectivity index (χ2n) is 4.32. The number of ether oxygens (including phenoxy) is 1. The van der Waals surface area contributed by atoms with Crippen molar-refractivity contribution >= 4 is 0 Å².